The Morgan fingerprint density at radius 2 is 1.86 bits per heavy atom. The Morgan fingerprint density at radius 3 is 2.21 bits per heavy atom. The lowest BCUT2D eigenvalue weighted by Gasteiger charge is -2.29. The third kappa shape index (κ3) is 3.97. The molecule has 2 heteroatoms. The molecule has 1 saturated carbocycles. The molecular weight excluding hydrogens is 172 g/mol. The number of hydrogen-bond donors (Lipinski definition) is 1. The van der Waals surface area contributed by atoms with E-state index in [1.54, 1.807) is 0 Å². The highest BCUT2D eigenvalue weighted by Gasteiger charge is 2.42. The highest BCUT2D eigenvalue weighted by Crippen LogP contribution is 2.45. The Hall–Kier alpha value is -0.0800. The Kier molecular flexibility index (Phi) is 3.59. The largest absolute Gasteiger partial charge is 0.319 e. The van der Waals surface area contributed by atoms with Crippen molar-refractivity contribution in [3.05, 3.63) is 0 Å². The van der Waals surface area contributed by atoms with Gasteiger partial charge in [0.2, 0.25) is 0 Å². The van der Waals surface area contributed by atoms with Gasteiger partial charge < -0.3 is 10.2 Å². The summed E-state index contributed by atoms with van der Waals surface area (Å²) in [4.78, 5) is 2.49. The maximum absolute atomic E-state index is 3.31. The van der Waals surface area contributed by atoms with Gasteiger partial charge in [-0.2, -0.15) is 0 Å². The molecule has 0 atom stereocenters. The summed E-state index contributed by atoms with van der Waals surface area (Å²) in [6, 6.07) is 0. The number of nitrogens with zero attached hydrogens (tertiary/aromatic N) is 1. The van der Waals surface area contributed by atoms with E-state index in [0.717, 1.165) is 0 Å². The van der Waals surface area contributed by atoms with Crippen LogP contribution in [0, 0.1) is 10.8 Å². The zero-order chi connectivity index (χ0) is 10.8. The van der Waals surface area contributed by atoms with Crippen molar-refractivity contribution in [2.75, 3.05) is 33.7 Å². The minimum atomic E-state index is 0.421. The van der Waals surface area contributed by atoms with Crippen LogP contribution in [0.1, 0.15) is 33.6 Å². The molecule has 0 aromatic heterocycles. The average molecular weight is 198 g/mol. The van der Waals surface area contributed by atoms with Gasteiger partial charge in [-0.1, -0.05) is 20.8 Å². The first kappa shape index (κ1) is 12.0. The Balaban J connectivity index is 2.30. The Labute approximate surface area is 89.1 Å². The predicted octanol–water partition coefficient (Wildman–Crippen LogP) is 1.96. The van der Waals surface area contributed by atoms with Crippen molar-refractivity contribution in [2.24, 2.45) is 10.8 Å². The van der Waals surface area contributed by atoms with E-state index in [-0.39, 0.29) is 0 Å². The molecule has 1 aliphatic carbocycles. The number of rotatable bonds is 5. The van der Waals surface area contributed by atoms with Crippen LogP contribution in [0.5, 0.6) is 0 Å². The van der Waals surface area contributed by atoms with Crippen LogP contribution < -0.4 is 5.32 Å². The summed E-state index contributed by atoms with van der Waals surface area (Å²) in [5.41, 5.74) is 1.03. The second kappa shape index (κ2) is 4.19. The highest BCUT2D eigenvalue weighted by atomic mass is 15.1. The second-order valence-electron chi connectivity index (χ2n) is 6.26. The van der Waals surface area contributed by atoms with Crippen molar-refractivity contribution in [1.29, 1.82) is 0 Å². The number of hydrogen-bond acceptors (Lipinski definition) is 2. The fourth-order valence-electron chi connectivity index (χ4n) is 2.38. The van der Waals surface area contributed by atoms with E-state index in [9.17, 15) is 0 Å². The van der Waals surface area contributed by atoms with Gasteiger partial charge in [-0.25, -0.2) is 0 Å². The molecule has 1 N–H and O–H groups in total. The van der Waals surface area contributed by atoms with Crippen LogP contribution in [0.4, 0.5) is 0 Å². The van der Waals surface area contributed by atoms with Gasteiger partial charge in [0, 0.05) is 19.6 Å². The summed E-state index contributed by atoms with van der Waals surface area (Å²) in [5.74, 6) is 0. The van der Waals surface area contributed by atoms with E-state index >= 15 is 0 Å². The molecule has 0 unspecified atom stereocenters. The van der Waals surface area contributed by atoms with Gasteiger partial charge >= 0.3 is 0 Å². The van der Waals surface area contributed by atoms with Gasteiger partial charge in [0.15, 0.2) is 0 Å². The van der Waals surface area contributed by atoms with Crippen molar-refractivity contribution in [3.63, 3.8) is 0 Å². The van der Waals surface area contributed by atoms with Crippen molar-refractivity contribution in [2.45, 2.75) is 33.6 Å². The van der Waals surface area contributed by atoms with Crippen LogP contribution in [-0.4, -0.2) is 38.6 Å². The van der Waals surface area contributed by atoms with Crippen LogP contribution >= 0.6 is 0 Å². The van der Waals surface area contributed by atoms with Gasteiger partial charge in [0.25, 0.3) is 0 Å². The summed E-state index contributed by atoms with van der Waals surface area (Å²) in [5, 5.41) is 3.31. The summed E-state index contributed by atoms with van der Waals surface area (Å²) in [6.07, 6.45) is 2.81. The Morgan fingerprint density at radius 1 is 1.29 bits per heavy atom. The quantitative estimate of drug-likeness (QED) is 0.726. The van der Waals surface area contributed by atoms with Gasteiger partial charge in [-0.05, 0) is 37.8 Å². The molecule has 0 aliphatic heterocycles. The lowest BCUT2D eigenvalue weighted by Crippen LogP contribution is -2.37. The van der Waals surface area contributed by atoms with E-state index < -0.39 is 0 Å². The molecule has 84 valence electrons. The third-order valence-corrected chi connectivity index (χ3v) is 2.86. The monoisotopic (exact) mass is 198 g/mol. The summed E-state index contributed by atoms with van der Waals surface area (Å²) < 4.78 is 0. The Bertz CT molecular complexity index is 177. The van der Waals surface area contributed by atoms with Crippen LogP contribution in [0.25, 0.3) is 0 Å². The van der Waals surface area contributed by atoms with E-state index in [2.05, 4.69) is 45.1 Å². The molecule has 0 bridgehead atoms. The van der Waals surface area contributed by atoms with Gasteiger partial charge in [0.05, 0.1) is 0 Å². The third-order valence-electron chi connectivity index (χ3n) is 2.86. The second-order valence-corrected chi connectivity index (χ2v) is 6.26. The van der Waals surface area contributed by atoms with Crippen LogP contribution in [0.3, 0.4) is 0 Å². The summed E-state index contributed by atoms with van der Waals surface area (Å²) in [6.45, 7) is 10.6. The van der Waals surface area contributed by atoms with Crippen LogP contribution in [0.15, 0.2) is 0 Å². The minimum Gasteiger partial charge on any atom is -0.319 e. The topological polar surface area (TPSA) is 15.3 Å². The molecule has 0 aromatic carbocycles. The molecule has 0 amide bonds. The lowest BCUT2D eigenvalue weighted by molar-refractivity contribution is 0.190. The van der Waals surface area contributed by atoms with Crippen molar-refractivity contribution in [1.82, 2.24) is 10.2 Å². The van der Waals surface area contributed by atoms with Crippen molar-refractivity contribution in [3.8, 4) is 0 Å². The van der Waals surface area contributed by atoms with E-state index in [1.165, 1.54) is 32.5 Å². The maximum atomic E-state index is 3.31. The van der Waals surface area contributed by atoms with Crippen molar-refractivity contribution >= 4 is 0 Å². The maximum Gasteiger partial charge on any atom is 0.00473 e. The molecule has 0 saturated heterocycles. The van der Waals surface area contributed by atoms with Crippen LogP contribution in [-0.2, 0) is 0 Å². The van der Waals surface area contributed by atoms with Gasteiger partial charge in [0.1, 0.15) is 0 Å². The van der Waals surface area contributed by atoms with Crippen LogP contribution in [0.2, 0.25) is 0 Å². The SMILES string of the molecule is CNCC1(CN(C)CC(C)(C)C)CC1. The molecule has 1 fully saturated rings. The predicted molar refractivity (Wildman–Crippen MR) is 62.5 cm³/mol. The standard InChI is InChI=1S/C12H26N2/c1-11(2,3)9-14(5)10-12(6-7-12)8-13-4/h13H,6-10H2,1-5H3. The zero-order valence-corrected chi connectivity index (χ0v) is 10.5. The minimum absolute atomic E-state index is 0.421. The molecule has 0 radical (unpaired) electrons. The van der Waals surface area contributed by atoms with E-state index in [0.29, 0.717) is 10.8 Å². The first-order valence-electron chi connectivity index (χ1n) is 5.70. The number of nitrogens with one attached hydrogen (secondary N) is 1. The fraction of sp³-hybridized carbons (Fsp3) is 1.00. The van der Waals surface area contributed by atoms with Crippen molar-refractivity contribution < 1.29 is 0 Å². The summed E-state index contributed by atoms with van der Waals surface area (Å²) in [7, 11) is 4.31. The fourth-order valence-corrected chi connectivity index (χ4v) is 2.38. The molecule has 1 rings (SSSR count). The average Bonchev–Trinajstić information content (AvgIpc) is 2.64. The first-order chi connectivity index (χ1) is 6.37. The molecule has 0 heterocycles. The normalized spacial score (nSPS) is 20.1. The zero-order valence-electron chi connectivity index (χ0n) is 10.5. The molecular formula is C12H26N2. The summed E-state index contributed by atoms with van der Waals surface area (Å²) >= 11 is 0. The van der Waals surface area contributed by atoms with Gasteiger partial charge in [-0.3, -0.25) is 0 Å². The lowest BCUT2D eigenvalue weighted by atomic mass is 9.95. The molecule has 0 aromatic rings. The molecule has 14 heavy (non-hydrogen) atoms. The van der Waals surface area contributed by atoms with E-state index in [4.69, 9.17) is 0 Å². The molecule has 1 aliphatic rings. The first-order valence-corrected chi connectivity index (χ1v) is 5.70. The smallest absolute Gasteiger partial charge is 0.00473 e. The van der Waals surface area contributed by atoms with Gasteiger partial charge in [-0.15, -0.1) is 0 Å². The molecule has 0 spiro atoms. The van der Waals surface area contributed by atoms with E-state index in [1.807, 2.05) is 0 Å². The molecule has 2 nitrogen and oxygen atoms in total. The highest BCUT2D eigenvalue weighted by molar-refractivity contribution is 4.96.